The molecule has 1 N–H and O–H groups in total. The highest BCUT2D eigenvalue weighted by Crippen LogP contribution is 2.25. The smallest absolute Gasteiger partial charge is 0.0576 e. The quantitative estimate of drug-likeness (QED) is 0.839. The maximum absolute atomic E-state index is 5.74. The zero-order valence-corrected chi connectivity index (χ0v) is 14.0. The van der Waals surface area contributed by atoms with Crippen molar-refractivity contribution in [1.29, 1.82) is 0 Å². The molecule has 0 aliphatic carbocycles. The summed E-state index contributed by atoms with van der Waals surface area (Å²) in [4.78, 5) is 2.72. The molecule has 3 nitrogen and oxygen atoms in total. The molecule has 3 unspecified atom stereocenters. The molecule has 2 heterocycles. The molecule has 20 heavy (non-hydrogen) atoms. The number of hydrogen-bond acceptors (Lipinski definition) is 3. The van der Waals surface area contributed by atoms with E-state index in [1.54, 1.807) is 0 Å². The van der Waals surface area contributed by atoms with Crippen molar-refractivity contribution in [3.8, 4) is 0 Å². The normalized spacial score (nSPS) is 32.7. The molecule has 2 aliphatic heterocycles. The molecule has 2 aliphatic rings. The summed E-state index contributed by atoms with van der Waals surface area (Å²) in [6.45, 7) is 13.9. The first-order valence-corrected chi connectivity index (χ1v) is 8.59. The molecule has 0 saturated carbocycles. The lowest BCUT2D eigenvalue weighted by Crippen LogP contribution is -2.60. The molecule has 0 spiro atoms. The van der Waals surface area contributed by atoms with E-state index in [0.717, 1.165) is 19.2 Å². The molecule has 2 saturated heterocycles. The lowest BCUT2D eigenvalue weighted by atomic mass is 9.84. The Labute approximate surface area is 125 Å². The van der Waals surface area contributed by atoms with Crippen molar-refractivity contribution in [2.24, 2.45) is 5.41 Å². The van der Waals surface area contributed by atoms with Gasteiger partial charge in [-0.05, 0) is 44.1 Å². The topological polar surface area (TPSA) is 24.5 Å². The predicted molar refractivity (Wildman–Crippen MR) is 85.1 cm³/mol. The van der Waals surface area contributed by atoms with Gasteiger partial charge >= 0.3 is 0 Å². The average Bonchev–Trinajstić information content (AvgIpc) is 2.90. The van der Waals surface area contributed by atoms with Gasteiger partial charge in [0.15, 0.2) is 0 Å². The fourth-order valence-electron chi connectivity index (χ4n) is 3.51. The van der Waals surface area contributed by atoms with Crippen molar-refractivity contribution >= 4 is 0 Å². The van der Waals surface area contributed by atoms with E-state index in [1.165, 1.54) is 45.2 Å². The summed E-state index contributed by atoms with van der Waals surface area (Å²) in [5.74, 6) is 0. The van der Waals surface area contributed by atoms with Crippen LogP contribution in [-0.2, 0) is 4.74 Å². The van der Waals surface area contributed by atoms with E-state index in [0.29, 0.717) is 17.6 Å². The van der Waals surface area contributed by atoms with Gasteiger partial charge in [0.1, 0.15) is 0 Å². The van der Waals surface area contributed by atoms with Crippen LogP contribution in [0.3, 0.4) is 0 Å². The highest BCUT2D eigenvalue weighted by molar-refractivity contribution is 4.91. The Morgan fingerprint density at radius 3 is 2.70 bits per heavy atom. The van der Waals surface area contributed by atoms with Crippen LogP contribution in [0.5, 0.6) is 0 Å². The van der Waals surface area contributed by atoms with Gasteiger partial charge in [0.05, 0.1) is 6.10 Å². The molecule has 0 aromatic heterocycles. The van der Waals surface area contributed by atoms with Gasteiger partial charge in [-0.1, -0.05) is 27.7 Å². The van der Waals surface area contributed by atoms with Crippen molar-refractivity contribution in [3.05, 3.63) is 0 Å². The maximum atomic E-state index is 5.74. The number of rotatable bonds is 5. The highest BCUT2D eigenvalue weighted by atomic mass is 16.5. The third-order valence-electron chi connectivity index (χ3n) is 5.05. The molecular formula is C17H34N2O. The Kier molecular flexibility index (Phi) is 5.88. The minimum absolute atomic E-state index is 0.353. The highest BCUT2D eigenvalue weighted by Gasteiger charge is 2.33. The third kappa shape index (κ3) is 4.44. The zero-order valence-electron chi connectivity index (χ0n) is 14.0. The van der Waals surface area contributed by atoms with Crippen LogP contribution >= 0.6 is 0 Å². The summed E-state index contributed by atoms with van der Waals surface area (Å²) in [5.41, 5.74) is 0.353. The molecule has 2 rings (SSSR count). The number of piperazine rings is 1. The first-order chi connectivity index (χ1) is 9.50. The molecular weight excluding hydrogens is 248 g/mol. The van der Waals surface area contributed by atoms with Crippen molar-refractivity contribution in [2.75, 3.05) is 26.2 Å². The predicted octanol–water partition coefficient (Wildman–Crippen LogP) is 3.04. The van der Waals surface area contributed by atoms with E-state index in [1.807, 2.05) is 0 Å². The molecule has 118 valence electrons. The number of nitrogens with one attached hydrogen (secondary N) is 1. The fourth-order valence-corrected chi connectivity index (χ4v) is 3.51. The van der Waals surface area contributed by atoms with Crippen molar-refractivity contribution in [3.63, 3.8) is 0 Å². The summed E-state index contributed by atoms with van der Waals surface area (Å²) in [5, 5.41) is 3.76. The van der Waals surface area contributed by atoms with E-state index in [4.69, 9.17) is 4.74 Å². The number of hydrogen-bond donors (Lipinski definition) is 1. The second kappa shape index (κ2) is 7.24. The maximum Gasteiger partial charge on any atom is 0.0576 e. The summed E-state index contributed by atoms with van der Waals surface area (Å²) < 4.78 is 5.74. The number of ether oxygens (including phenoxy) is 1. The van der Waals surface area contributed by atoms with Crippen molar-refractivity contribution in [2.45, 2.75) is 78.0 Å². The lowest BCUT2D eigenvalue weighted by molar-refractivity contribution is 0.0693. The molecule has 3 heteroatoms. The molecule has 0 aromatic carbocycles. The van der Waals surface area contributed by atoms with Crippen LogP contribution < -0.4 is 5.32 Å². The Morgan fingerprint density at radius 2 is 2.10 bits per heavy atom. The largest absolute Gasteiger partial charge is 0.378 e. The SMILES string of the molecule is CCC1CNC(C(C)(C)C)CN1CCCC1CCCO1. The molecule has 0 amide bonds. The van der Waals surface area contributed by atoms with Gasteiger partial charge in [0.25, 0.3) is 0 Å². The summed E-state index contributed by atoms with van der Waals surface area (Å²) in [7, 11) is 0. The first kappa shape index (κ1) is 16.3. The fraction of sp³-hybridized carbons (Fsp3) is 1.00. The van der Waals surface area contributed by atoms with Gasteiger partial charge in [-0.2, -0.15) is 0 Å². The molecule has 3 atom stereocenters. The van der Waals surface area contributed by atoms with Crippen LogP contribution in [0.1, 0.15) is 59.8 Å². The van der Waals surface area contributed by atoms with Gasteiger partial charge in [0.2, 0.25) is 0 Å². The van der Waals surface area contributed by atoms with Crippen LogP contribution in [0.15, 0.2) is 0 Å². The summed E-state index contributed by atoms with van der Waals surface area (Å²) in [6.07, 6.45) is 6.89. The minimum Gasteiger partial charge on any atom is -0.378 e. The van der Waals surface area contributed by atoms with E-state index in [9.17, 15) is 0 Å². The van der Waals surface area contributed by atoms with E-state index in [2.05, 4.69) is 37.9 Å². The summed E-state index contributed by atoms with van der Waals surface area (Å²) in [6, 6.07) is 1.34. The Balaban J connectivity index is 1.79. The monoisotopic (exact) mass is 282 g/mol. The lowest BCUT2D eigenvalue weighted by Gasteiger charge is -2.45. The second-order valence-corrected chi connectivity index (χ2v) is 7.66. The molecule has 0 radical (unpaired) electrons. The van der Waals surface area contributed by atoms with E-state index >= 15 is 0 Å². The van der Waals surface area contributed by atoms with Crippen LogP contribution in [0.25, 0.3) is 0 Å². The molecule has 0 bridgehead atoms. The van der Waals surface area contributed by atoms with Gasteiger partial charge in [-0.15, -0.1) is 0 Å². The standard InChI is InChI=1S/C17H34N2O/c1-5-14-12-18-16(17(2,3)4)13-19(14)10-6-8-15-9-7-11-20-15/h14-16,18H,5-13H2,1-4H3. The van der Waals surface area contributed by atoms with Crippen LogP contribution in [0.4, 0.5) is 0 Å². The van der Waals surface area contributed by atoms with Gasteiger partial charge in [0, 0.05) is 31.8 Å². The van der Waals surface area contributed by atoms with Crippen molar-refractivity contribution in [1.82, 2.24) is 10.2 Å². The van der Waals surface area contributed by atoms with Crippen LogP contribution in [0, 0.1) is 5.41 Å². The number of nitrogens with zero attached hydrogens (tertiary/aromatic N) is 1. The minimum atomic E-state index is 0.353. The van der Waals surface area contributed by atoms with Gasteiger partial charge < -0.3 is 10.1 Å². The average molecular weight is 282 g/mol. The van der Waals surface area contributed by atoms with Crippen molar-refractivity contribution < 1.29 is 4.74 Å². The van der Waals surface area contributed by atoms with E-state index in [-0.39, 0.29) is 0 Å². The van der Waals surface area contributed by atoms with Crippen LogP contribution in [0.2, 0.25) is 0 Å². The zero-order chi connectivity index (χ0) is 14.6. The van der Waals surface area contributed by atoms with Gasteiger partial charge in [-0.25, -0.2) is 0 Å². The molecule has 0 aromatic rings. The van der Waals surface area contributed by atoms with Crippen LogP contribution in [-0.4, -0.2) is 49.3 Å². The Bertz CT molecular complexity index is 281. The van der Waals surface area contributed by atoms with E-state index < -0.39 is 0 Å². The first-order valence-electron chi connectivity index (χ1n) is 8.59. The third-order valence-corrected chi connectivity index (χ3v) is 5.05. The Hall–Kier alpha value is -0.120. The second-order valence-electron chi connectivity index (χ2n) is 7.66. The summed E-state index contributed by atoms with van der Waals surface area (Å²) >= 11 is 0. The molecule has 2 fully saturated rings. The Morgan fingerprint density at radius 1 is 1.30 bits per heavy atom. The van der Waals surface area contributed by atoms with Gasteiger partial charge in [-0.3, -0.25) is 4.90 Å².